The third-order valence-corrected chi connectivity index (χ3v) is 4.74. The van der Waals surface area contributed by atoms with Crippen molar-refractivity contribution in [2.24, 2.45) is 0 Å². The van der Waals surface area contributed by atoms with Gasteiger partial charge in [0.1, 0.15) is 6.33 Å². The number of ether oxygens (including phenoxy) is 1. The molecule has 6 nitrogen and oxygen atoms in total. The predicted molar refractivity (Wildman–Crippen MR) is 106 cm³/mol. The lowest BCUT2D eigenvalue weighted by molar-refractivity contribution is -0.142. The van der Waals surface area contributed by atoms with Gasteiger partial charge >= 0.3 is 5.97 Å². The molecule has 0 bridgehead atoms. The molecule has 1 aromatic heterocycles. The van der Waals surface area contributed by atoms with Gasteiger partial charge in [-0.15, -0.1) is 0 Å². The van der Waals surface area contributed by atoms with Crippen LogP contribution in [0.1, 0.15) is 11.1 Å². The largest absolute Gasteiger partial charge is 0.468 e. The Labute approximate surface area is 163 Å². The third-order valence-electron chi connectivity index (χ3n) is 4.34. The van der Waals surface area contributed by atoms with E-state index in [4.69, 9.17) is 17.0 Å². The van der Waals surface area contributed by atoms with Crippen molar-refractivity contribution >= 4 is 18.2 Å². The number of rotatable bonds is 7. The van der Waals surface area contributed by atoms with Crippen LogP contribution in [0.25, 0.3) is 5.69 Å². The Balaban J connectivity index is 1.84. The molecule has 3 aromatic rings. The molecule has 3 rings (SSSR count). The van der Waals surface area contributed by atoms with Gasteiger partial charge in [0.15, 0.2) is 0 Å². The molecule has 0 aliphatic rings. The summed E-state index contributed by atoms with van der Waals surface area (Å²) < 4.78 is 8.98. The molecule has 0 spiro atoms. The molecule has 1 heterocycles. The van der Waals surface area contributed by atoms with E-state index >= 15 is 0 Å². The van der Waals surface area contributed by atoms with Crippen molar-refractivity contribution in [2.45, 2.75) is 20.1 Å². The molecule has 0 fully saturated rings. The summed E-state index contributed by atoms with van der Waals surface area (Å²) in [6, 6.07) is 17.9. The number of para-hydroxylation sites is 1. The Morgan fingerprint density at radius 2 is 1.85 bits per heavy atom. The maximum absolute atomic E-state index is 11.9. The minimum atomic E-state index is -0.294. The van der Waals surface area contributed by atoms with Crippen molar-refractivity contribution < 1.29 is 9.53 Å². The highest BCUT2D eigenvalue weighted by Crippen LogP contribution is 2.13. The van der Waals surface area contributed by atoms with Gasteiger partial charge in [-0.1, -0.05) is 42.5 Å². The topological polar surface area (TPSA) is 52.3 Å². The van der Waals surface area contributed by atoms with Crippen LogP contribution >= 0.6 is 12.2 Å². The van der Waals surface area contributed by atoms with Gasteiger partial charge in [-0.25, -0.2) is 4.68 Å². The SMILES string of the molecule is COC(=O)CN(Cc1ccccc1C)Cn1ncn(-c2ccccc2)c1=S. The van der Waals surface area contributed by atoms with Crippen LogP contribution in [0.15, 0.2) is 60.9 Å². The molecule has 0 atom stereocenters. The van der Waals surface area contributed by atoms with Gasteiger partial charge in [-0.3, -0.25) is 14.3 Å². The summed E-state index contributed by atoms with van der Waals surface area (Å²) in [5.41, 5.74) is 3.27. The summed E-state index contributed by atoms with van der Waals surface area (Å²) >= 11 is 5.58. The molecule has 0 saturated carbocycles. The molecule has 0 unspecified atom stereocenters. The van der Waals surface area contributed by atoms with Gasteiger partial charge in [0.05, 0.1) is 20.3 Å². The molecular formula is C20H22N4O2S. The van der Waals surface area contributed by atoms with Crippen LogP contribution in [0.5, 0.6) is 0 Å². The number of aromatic nitrogens is 3. The Kier molecular flexibility index (Phi) is 6.16. The molecule has 0 radical (unpaired) electrons. The van der Waals surface area contributed by atoms with Crippen molar-refractivity contribution in [1.82, 2.24) is 19.2 Å². The predicted octanol–water partition coefficient (Wildman–Crippen LogP) is 3.34. The van der Waals surface area contributed by atoms with E-state index in [0.29, 0.717) is 18.0 Å². The van der Waals surface area contributed by atoms with Crippen molar-refractivity contribution in [2.75, 3.05) is 13.7 Å². The van der Waals surface area contributed by atoms with Crippen LogP contribution in [0, 0.1) is 11.7 Å². The smallest absolute Gasteiger partial charge is 0.319 e. The first-order valence-corrected chi connectivity index (χ1v) is 9.03. The number of benzene rings is 2. The molecular weight excluding hydrogens is 360 g/mol. The van der Waals surface area contributed by atoms with E-state index in [2.05, 4.69) is 24.2 Å². The summed E-state index contributed by atoms with van der Waals surface area (Å²) in [6.07, 6.45) is 1.70. The first kappa shape index (κ1) is 19.0. The number of aryl methyl sites for hydroxylation is 1. The zero-order valence-corrected chi connectivity index (χ0v) is 16.2. The zero-order chi connectivity index (χ0) is 19.2. The zero-order valence-electron chi connectivity index (χ0n) is 15.4. The van der Waals surface area contributed by atoms with Gasteiger partial charge < -0.3 is 4.74 Å². The van der Waals surface area contributed by atoms with Crippen LogP contribution < -0.4 is 0 Å². The molecule has 27 heavy (non-hydrogen) atoms. The fourth-order valence-corrected chi connectivity index (χ4v) is 3.08. The maximum atomic E-state index is 11.9. The summed E-state index contributed by atoms with van der Waals surface area (Å²) in [7, 11) is 1.39. The van der Waals surface area contributed by atoms with E-state index in [0.717, 1.165) is 11.3 Å². The minimum Gasteiger partial charge on any atom is -0.468 e. The molecule has 7 heteroatoms. The van der Waals surface area contributed by atoms with Gasteiger partial charge in [0.2, 0.25) is 4.77 Å². The van der Waals surface area contributed by atoms with Crippen molar-refractivity contribution in [3.8, 4) is 5.69 Å². The Morgan fingerprint density at radius 3 is 2.56 bits per heavy atom. The molecule has 0 aliphatic heterocycles. The molecule has 0 amide bonds. The first-order valence-electron chi connectivity index (χ1n) is 8.62. The normalized spacial score (nSPS) is 10.9. The molecule has 2 aromatic carbocycles. The third kappa shape index (κ3) is 4.69. The quantitative estimate of drug-likeness (QED) is 0.463. The minimum absolute atomic E-state index is 0.158. The summed E-state index contributed by atoms with van der Waals surface area (Å²) in [5, 5.41) is 4.41. The van der Waals surface area contributed by atoms with Crippen LogP contribution in [0.2, 0.25) is 0 Å². The van der Waals surface area contributed by atoms with Crippen LogP contribution in [0.3, 0.4) is 0 Å². The molecule has 0 N–H and O–H groups in total. The van der Waals surface area contributed by atoms with Crippen molar-refractivity contribution in [3.63, 3.8) is 0 Å². The lowest BCUT2D eigenvalue weighted by Gasteiger charge is -2.21. The fourth-order valence-electron chi connectivity index (χ4n) is 2.82. The van der Waals surface area contributed by atoms with Gasteiger partial charge in [0.25, 0.3) is 0 Å². The first-order chi connectivity index (χ1) is 13.1. The lowest BCUT2D eigenvalue weighted by Crippen LogP contribution is -2.32. The fraction of sp³-hybridized carbons (Fsp3) is 0.250. The second-order valence-electron chi connectivity index (χ2n) is 6.25. The highest BCUT2D eigenvalue weighted by molar-refractivity contribution is 7.71. The number of nitrogens with zero attached hydrogens (tertiary/aromatic N) is 4. The average molecular weight is 382 g/mol. The Hall–Kier alpha value is -2.77. The van der Waals surface area contributed by atoms with Crippen molar-refractivity contribution in [1.29, 1.82) is 0 Å². The van der Waals surface area contributed by atoms with Gasteiger partial charge in [-0.2, -0.15) is 5.10 Å². The number of carbonyl (C=O) groups is 1. The van der Waals surface area contributed by atoms with Crippen molar-refractivity contribution in [3.05, 3.63) is 76.8 Å². The highest BCUT2D eigenvalue weighted by Gasteiger charge is 2.15. The number of hydrogen-bond donors (Lipinski definition) is 0. The van der Waals surface area contributed by atoms with E-state index < -0.39 is 0 Å². The van der Waals surface area contributed by atoms with Crippen LogP contribution in [-0.4, -0.2) is 38.9 Å². The van der Waals surface area contributed by atoms with E-state index in [1.165, 1.54) is 12.7 Å². The Bertz CT molecular complexity index is 965. The standard InChI is InChI=1S/C20H22N4O2S/c1-16-8-6-7-9-17(16)12-22(13-19(25)26-2)15-24-20(27)23(14-21-24)18-10-4-3-5-11-18/h3-11,14H,12-13,15H2,1-2H3. The molecule has 140 valence electrons. The number of hydrogen-bond acceptors (Lipinski definition) is 5. The Morgan fingerprint density at radius 1 is 1.15 bits per heavy atom. The van der Waals surface area contributed by atoms with Gasteiger partial charge in [0, 0.05) is 12.2 Å². The van der Waals surface area contributed by atoms with Crippen LogP contribution in [-0.2, 0) is 22.7 Å². The molecule has 0 aliphatic carbocycles. The van der Waals surface area contributed by atoms with E-state index in [1.807, 2.05) is 51.9 Å². The number of methoxy groups -OCH3 is 1. The van der Waals surface area contributed by atoms with E-state index in [9.17, 15) is 4.79 Å². The molecule has 0 saturated heterocycles. The maximum Gasteiger partial charge on any atom is 0.319 e. The second kappa shape index (κ2) is 8.75. The number of carbonyl (C=O) groups excluding carboxylic acids is 1. The van der Waals surface area contributed by atoms with E-state index in [-0.39, 0.29) is 12.5 Å². The highest BCUT2D eigenvalue weighted by atomic mass is 32.1. The second-order valence-corrected chi connectivity index (χ2v) is 6.61. The van der Waals surface area contributed by atoms with E-state index in [1.54, 1.807) is 11.0 Å². The number of esters is 1. The summed E-state index contributed by atoms with van der Waals surface area (Å²) in [4.78, 5) is 13.8. The lowest BCUT2D eigenvalue weighted by atomic mass is 10.1. The summed E-state index contributed by atoms with van der Waals surface area (Å²) in [5.74, 6) is -0.294. The van der Waals surface area contributed by atoms with Crippen LogP contribution in [0.4, 0.5) is 0 Å². The van der Waals surface area contributed by atoms with Gasteiger partial charge in [-0.05, 0) is 42.4 Å². The monoisotopic (exact) mass is 382 g/mol. The summed E-state index contributed by atoms with van der Waals surface area (Å²) in [6.45, 7) is 3.20. The average Bonchev–Trinajstić information content (AvgIpc) is 3.04.